The molecule has 10 heteroatoms. The maximum Gasteiger partial charge on any atom is 0.417 e. The van der Waals surface area contributed by atoms with Crippen molar-refractivity contribution in [2.75, 3.05) is 11.9 Å². The maximum absolute atomic E-state index is 13.7. The molecule has 1 aliphatic rings. The molecule has 0 saturated heterocycles. The molecule has 1 N–H and O–H groups in total. The molecule has 0 saturated carbocycles. The van der Waals surface area contributed by atoms with Crippen LogP contribution in [0.15, 0.2) is 18.2 Å². The second-order valence-corrected chi connectivity index (χ2v) is 7.35. The normalized spacial score (nSPS) is 19.7. The summed E-state index contributed by atoms with van der Waals surface area (Å²) in [6.45, 7) is 4.46. The van der Waals surface area contributed by atoms with Crippen LogP contribution in [0.5, 0.6) is 11.6 Å². The zero-order valence-electron chi connectivity index (χ0n) is 16.0. The molecule has 1 unspecified atom stereocenters. The molecule has 0 amide bonds. The van der Waals surface area contributed by atoms with Crippen molar-refractivity contribution in [3.8, 4) is 11.6 Å². The largest absolute Gasteiger partial charge is 0.488 e. The van der Waals surface area contributed by atoms with Crippen LogP contribution >= 0.6 is 0 Å². The van der Waals surface area contributed by atoms with Crippen LogP contribution < -0.4 is 14.8 Å². The molecular weight excluding hydrogens is 402 g/mol. The van der Waals surface area contributed by atoms with E-state index in [1.165, 1.54) is 12.1 Å². The number of nitrogens with one attached hydrogen (secondary N) is 1. The average molecular weight is 422 g/mol. The fourth-order valence-corrected chi connectivity index (χ4v) is 3.37. The number of halogens is 6. The molecule has 2 heterocycles. The molecule has 1 atom stereocenters. The van der Waals surface area contributed by atoms with Crippen LogP contribution in [0.1, 0.15) is 39.2 Å². The van der Waals surface area contributed by atoms with Crippen LogP contribution in [0.4, 0.5) is 32.0 Å². The van der Waals surface area contributed by atoms with E-state index in [9.17, 15) is 26.3 Å². The Kier molecular flexibility index (Phi) is 5.25. The van der Waals surface area contributed by atoms with Gasteiger partial charge in [0.15, 0.2) is 5.75 Å². The van der Waals surface area contributed by atoms with Gasteiger partial charge in [0, 0.05) is 6.07 Å². The highest BCUT2D eigenvalue weighted by atomic mass is 19.4. The van der Waals surface area contributed by atoms with E-state index in [1.807, 2.05) is 0 Å². The van der Waals surface area contributed by atoms with Crippen LogP contribution in [-0.2, 0) is 6.18 Å². The van der Waals surface area contributed by atoms with Gasteiger partial charge in [-0.3, -0.25) is 0 Å². The van der Waals surface area contributed by atoms with Crippen LogP contribution in [0.3, 0.4) is 0 Å². The van der Waals surface area contributed by atoms with Crippen molar-refractivity contribution in [1.82, 2.24) is 4.98 Å². The maximum atomic E-state index is 13.7. The molecule has 29 heavy (non-hydrogen) atoms. The summed E-state index contributed by atoms with van der Waals surface area (Å²) < 4.78 is 91.0. The minimum Gasteiger partial charge on any atom is -0.488 e. The first-order valence-electron chi connectivity index (χ1n) is 9.03. The van der Waals surface area contributed by atoms with Gasteiger partial charge in [-0.15, -0.1) is 0 Å². The van der Waals surface area contributed by atoms with Gasteiger partial charge in [-0.25, -0.2) is 4.98 Å². The molecule has 1 aromatic heterocycles. The van der Waals surface area contributed by atoms with Crippen molar-refractivity contribution in [2.24, 2.45) is 0 Å². The smallest absolute Gasteiger partial charge is 0.417 e. The van der Waals surface area contributed by atoms with Crippen molar-refractivity contribution in [3.63, 3.8) is 0 Å². The minimum atomic E-state index is -4.74. The molecule has 0 bridgehead atoms. The number of aromatic nitrogens is 1. The fraction of sp³-hybridized carbons (Fsp3) is 0.526. The lowest BCUT2D eigenvalue weighted by Gasteiger charge is -2.40. The lowest BCUT2D eigenvalue weighted by molar-refractivity contribution is -0.148. The lowest BCUT2D eigenvalue weighted by atomic mass is 9.90. The molecule has 160 valence electrons. The van der Waals surface area contributed by atoms with E-state index in [0.29, 0.717) is 0 Å². The number of hydrogen-bond donors (Lipinski definition) is 1. The highest BCUT2D eigenvalue weighted by Crippen LogP contribution is 2.47. The summed E-state index contributed by atoms with van der Waals surface area (Å²) in [5.41, 5.74) is -2.42. The molecular formula is C19H20F6N2O2. The van der Waals surface area contributed by atoms with E-state index >= 15 is 0 Å². The number of ether oxygens (including phenoxy) is 2. The second kappa shape index (κ2) is 7.14. The molecule has 1 aromatic carbocycles. The summed E-state index contributed by atoms with van der Waals surface area (Å²) in [6.07, 6.45) is -10.7. The highest BCUT2D eigenvalue weighted by molar-refractivity contribution is 5.95. The summed E-state index contributed by atoms with van der Waals surface area (Å²) in [5, 5.41) is 2.45. The van der Waals surface area contributed by atoms with E-state index < -0.39 is 36.5 Å². The first kappa shape index (κ1) is 21.3. The van der Waals surface area contributed by atoms with Crippen molar-refractivity contribution < 1.29 is 35.8 Å². The van der Waals surface area contributed by atoms with Gasteiger partial charge in [-0.05, 0) is 32.4 Å². The van der Waals surface area contributed by atoms with E-state index in [0.717, 1.165) is 6.07 Å². The van der Waals surface area contributed by atoms with Gasteiger partial charge in [0.25, 0.3) is 0 Å². The van der Waals surface area contributed by atoms with Crippen LogP contribution in [0, 0.1) is 0 Å². The van der Waals surface area contributed by atoms with E-state index in [2.05, 4.69) is 10.3 Å². The van der Waals surface area contributed by atoms with E-state index in [-0.39, 0.29) is 40.7 Å². The highest BCUT2D eigenvalue weighted by Gasteiger charge is 2.45. The van der Waals surface area contributed by atoms with Gasteiger partial charge in [0.2, 0.25) is 5.88 Å². The van der Waals surface area contributed by atoms with Gasteiger partial charge < -0.3 is 14.8 Å². The number of pyridine rings is 1. The Morgan fingerprint density at radius 3 is 2.45 bits per heavy atom. The zero-order valence-corrected chi connectivity index (χ0v) is 16.0. The number of anilines is 1. The number of rotatable bonds is 4. The van der Waals surface area contributed by atoms with Gasteiger partial charge >= 0.3 is 12.4 Å². The third kappa shape index (κ3) is 4.45. The molecule has 0 aliphatic carbocycles. The van der Waals surface area contributed by atoms with E-state index in [4.69, 9.17) is 9.47 Å². The Hall–Kier alpha value is -2.39. The third-order valence-corrected chi connectivity index (χ3v) is 4.67. The molecule has 0 fully saturated rings. The Morgan fingerprint density at radius 2 is 1.90 bits per heavy atom. The number of hydrogen-bond acceptors (Lipinski definition) is 4. The van der Waals surface area contributed by atoms with Crippen LogP contribution in [0.25, 0.3) is 10.9 Å². The summed E-state index contributed by atoms with van der Waals surface area (Å²) >= 11 is 0. The monoisotopic (exact) mass is 422 g/mol. The zero-order chi connectivity index (χ0) is 21.6. The lowest BCUT2D eigenvalue weighted by Crippen LogP contribution is -2.49. The molecule has 0 radical (unpaired) electrons. The molecule has 1 aliphatic heterocycles. The topological polar surface area (TPSA) is 43.4 Å². The van der Waals surface area contributed by atoms with Gasteiger partial charge in [0.1, 0.15) is 6.61 Å². The van der Waals surface area contributed by atoms with E-state index in [1.54, 1.807) is 20.8 Å². The predicted molar refractivity (Wildman–Crippen MR) is 95.3 cm³/mol. The van der Waals surface area contributed by atoms with Crippen LogP contribution in [-0.4, -0.2) is 29.4 Å². The molecule has 2 aromatic rings. The summed E-state index contributed by atoms with van der Waals surface area (Å²) in [4.78, 5) is 4.10. The predicted octanol–water partition coefficient (Wildman–Crippen LogP) is 5.95. The molecule has 3 rings (SSSR count). The Morgan fingerprint density at radius 1 is 1.21 bits per heavy atom. The Labute approximate surface area is 163 Å². The first-order chi connectivity index (χ1) is 13.3. The summed E-state index contributed by atoms with van der Waals surface area (Å²) in [6, 6.07) is 3.47. The first-order valence-corrected chi connectivity index (χ1v) is 9.03. The van der Waals surface area contributed by atoms with Crippen molar-refractivity contribution >= 4 is 16.6 Å². The number of benzene rings is 1. The SMILES string of the molecule is CCC1(CC(F)(F)F)COc2c(ccc3nc(OC(C)C)cc(C(F)(F)F)c23)N1. The fourth-order valence-electron chi connectivity index (χ4n) is 3.37. The number of fused-ring (bicyclic) bond motifs is 3. The summed E-state index contributed by atoms with van der Waals surface area (Å²) in [5.74, 6) is -0.354. The number of alkyl halides is 6. The van der Waals surface area contributed by atoms with Gasteiger partial charge in [-0.1, -0.05) is 6.92 Å². The second-order valence-electron chi connectivity index (χ2n) is 7.35. The standard InChI is InChI=1S/C19H20F6N2O2/c1-4-17(8-18(20,21)22)9-28-16-13(27-17)6-5-12-15(16)11(19(23,24)25)7-14(26-12)29-10(2)3/h5-7,10,27H,4,8-9H2,1-3H3. The van der Waals surface area contributed by atoms with Crippen molar-refractivity contribution in [2.45, 2.75) is 57.6 Å². The van der Waals surface area contributed by atoms with Gasteiger partial charge in [-0.2, -0.15) is 26.3 Å². The van der Waals surface area contributed by atoms with Crippen LogP contribution in [0.2, 0.25) is 0 Å². The number of nitrogens with zero attached hydrogens (tertiary/aromatic N) is 1. The quantitative estimate of drug-likeness (QED) is 0.619. The third-order valence-electron chi connectivity index (χ3n) is 4.67. The average Bonchev–Trinajstić information content (AvgIpc) is 2.57. The molecule has 4 nitrogen and oxygen atoms in total. The molecule has 0 spiro atoms. The van der Waals surface area contributed by atoms with Crippen molar-refractivity contribution in [3.05, 3.63) is 23.8 Å². The van der Waals surface area contributed by atoms with Gasteiger partial charge in [0.05, 0.1) is 40.2 Å². The Balaban J connectivity index is 2.15. The minimum absolute atomic E-state index is 0.0177. The Bertz CT molecular complexity index is 910. The summed E-state index contributed by atoms with van der Waals surface area (Å²) in [7, 11) is 0. The van der Waals surface area contributed by atoms with Crippen molar-refractivity contribution in [1.29, 1.82) is 0 Å².